The van der Waals surface area contributed by atoms with E-state index in [1.54, 1.807) is 0 Å². The Kier molecular flexibility index (Phi) is 3.29. The third-order valence-electron chi connectivity index (χ3n) is 2.51. The zero-order valence-corrected chi connectivity index (χ0v) is 11.8. The Morgan fingerprint density at radius 3 is 2.53 bits per heavy atom. The predicted octanol–water partition coefficient (Wildman–Crippen LogP) is 4.20. The summed E-state index contributed by atoms with van der Waals surface area (Å²) in [6.45, 7) is 6.46. The number of nitrogens with zero attached hydrogens (tertiary/aromatic N) is 2. The van der Waals surface area contributed by atoms with E-state index in [9.17, 15) is 0 Å². The van der Waals surface area contributed by atoms with Crippen LogP contribution < -0.4 is 0 Å². The molecule has 3 heteroatoms. The fourth-order valence-electron chi connectivity index (χ4n) is 1.54. The van der Waals surface area contributed by atoms with Gasteiger partial charge in [-0.05, 0) is 18.2 Å². The van der Waals surface area contributed by atoms with Gasteiger partial charge in [0, 0.05) is 27.3 Å². The summed E-state index contributed by atoms with van der Waals surface area (Å²) in [7, 11) is 0. The number of aromatic nitrogens is 2. The lowest BCUT2D eigenvalue weighted by atomic mass is 9.92. The van der Waals surface area contributed by atoms with Gasteiger partial charge in [-0.1, -0.05) is 48.8 Å². The van der Waals surface area contributed by atoms with Crippen molar-refractivity contribution in [3.05, 3.63) is 46.7 Å². The third-order valence-corrected chi connectivity index (χ3v) is 3.00. The first-order valence-corrected chi connectivity index (χ1v) is 6.35. The van der Waals surface area contributed by atoms with Crippen molar-refractivity contribution in [1.29, 1.82) is 0 Å². The van der Waals surface area contributed by atoms with E-state index >= 15 is 0 Å². The van der Waals surface area contributed by atoms with Crippen LogP contribution in [0.5, 0.6) is 0 Å². The molecule has 0 spiro atoms. The molecule has 1 aromatic heterocycles. The molecule has 0 amide bonds. The van der Waals surface area contributed by atoms with Crippen LogP contribution >= 0.6 is 15.9 Å². The van der Waals surface area contributed by atoms with Crippen LogP contribution in [0, 0.1) is 0 Å². The quantitative estimate of drug-likeness (QED) is 0.786. The largest absolute Gasteiger partial charge is 0.237 e. The average Bonchev–Trinajstić information content (AvgIpc) is 2.28. The molecule has 0 N–H and O–H groups in total. The Labute approximate surface area is 110 Å². The number of benzene rings is 1. The Hall–Kier alpha value is -1.22. The number of hydrogen-bond donors (Lipinski definition) is 0. The van der Waals surface area contributed by atoms with Crippen LogP contribution in [0.2, 0.25) is 0 Å². The number of rotatable bonds is 1. The second-order valence-electron chi connectivity index (χ2n) is 5.03. The van der Waals surface area contributed by atoms with Crippen molar-refractivity contribution in [2.45, 2.75) is 26.2 Å². The summed E-state index contributed by atoms with van der Waals surface area (Å²) in [5, 5.41) is 0. The van der Waals surface area contributed by atoms with Gasteiger partial charge in [0.1, 0.15) is 0 Å². The molecule has 1 aromatic carbocycles. The second kappa shape index (κ2) is 4.57. The highest BCUT2D eigenvalue weighted by atomic mass is 79.9. The summed E-state index contributed by atoms with van der Waals surface area (Å²) >= 11 is 3.46. The topological polar surface area (TPSA) is 25.8 Å². The molecule has 2 nitrogen and oxygen atoms in total. The van der Waals surface area contributed by atoms with Crippen LogP contribution in [-0.4, -0.2) is 9.97 Å². The Morgan fingerprint density at radius 1 is 1.12 bits per heavy atom. The molecule has 17 heavy (non-hydrogen) atoms. The lowest BCUT2D eigenvalue weighted by molar-refractivity contribution is 0.568. The maximum absolute atomic E-state index is 4.62. The molecule has 2 rings (SSSR count). The van der Waals surface area contributed by atoms with Gasteiger partial charge in [-0.3, -0.25) is 0 Å². The van der Waals surface area contributed by atoms with Crippen LogP contribution in [-0.2, 0) is 5.41 Å². The first-order chi connectivity index (χ1) is 7.97. The normalized spacial score (nSPS) is 11.5. The highest BCUT2D eigenvalue weighted by Crippen LogP contribution is 2.24. The fourth-order valence-corrected chi connectivity index (χ4v) is 1.94. The molecule has 0 saturated heterocycles. The lowest BCUT2D eigenvalue weighted by Crippen LogP contribution is -2.14. The predicted molar refractivity (Wildman–Crippen MR) is 73.9 cm³/mol. The van der Waals surface area contributed by atoms with Crippen LogP contribution in [0.25, 0.3) is 11.4 Å². The minimum Gasteiger partial charge on any atom is -0.237 e. The zero-order valence-electron chi connectivity index (χ0n) is 10.2. The first kappa shape index (κ1) is 12.2. The van der Waals surface area contributed by atoms with Gasteiger partial charge in [-0.25, -0.2) is 9.97 Å². The summed E-state index contributed by atoms with van der Waals surface area (Å²) in [6.07, 6.45) is 1.82. The van der Waals surface area contributed by atoms with Crippen molar-refractivity contribution < 1.29 is 0 Å². The molecule has 0 bridgehead atoms. The molecule has 88 valence electrons. The van der Waals surface area contributed by atoms with Crippen molar-refractivity contribution in [3.8, 4) is 11.4 Å². The molecular weight excluding hydrogens is 276 g/mol. The minimum absolute atomic E-state index is 0.0453. The van der Waals surface area contributed by atoms with Crippen molar-refractivity contribution in [2.75, 3.05) is 0 Å². The van der Waals surface area contributed by atoms with Gasteiger partial charge in [0.25, 0.3) is 0 Å². The van der Waals surface area contributed by atoms with Crippen molar-refractivity contribution in [3.63, 3.8) is 0 Å². The number of hydrogen-bond acceptors (Lipinski definition) is 2. The van der Waals surface area contributed by atoms with E-state index in [1.807, 2.05) is 36.5 Å². The van der Waals surface area contributed by atoms with Crippen molar-refractivity contribution in [1.82, 2.24) is 9.97 Å². The van der Waals surface area contributed by atoms with E-state index in [-0.39, 0.29) is 5.41 Å². The van der Waals surface area contributed by atoms with E-state index < -0.39 is 0 Å². The van der Waals surface area contributed by atoms with Gasteiger partial charge < -0.3 is 0 Å². The Balaban J connectivity index is 2.47. The summed E-state index contributed by atoms with van der Waals surface area (Å²) in [5.74, 6) is 0.777. The standard InChI is InChI=1S/C14H15BrN2/c1-14(2,3)12-7-8-16-13(17-12)10-5-4-6-11(15)9-10/h4-9H,1-3H3. The molecule has 0 aliphatic rings. The van der Waals surface area contributed by atoms with Gasteiger partial charge >= 0.3 is 0 Å². The SMILES string of the molecule is CC(C)(C)c1ccnc(-c2cccc(Br)c2)n1. The van der Waals surface area contributed by atoms with Crippen molar-refractivity contribution in [2.24, 2.45) is 0 Å². The molecule has 0 saturated carbocycles. The summed E-state index contributed by atoms with van der Waals surface area (Å²) < 4.78 is 1.04. The molecule has 2 aromatic rings. The van der Waals surface area contributed by atoms with Gasteiger partial charge in [-0.2, -0.15) is 0 Å². The van der Waals surface area contributed by atoms with Gasteiger partial charge in [0.05, 0.1) is 0 Å². The van der Waals surface area contributed by atoms with Crippen LogP contribution in [0.3, 0.4) is 0 Å². The smallest absolute Gasteiger partial charge is 0.159 e. The fraction of sp³-hybridized carbons (Fsp3) is 0.286. The highest BCUT2D eigenvalue weighted by molar-refractivity contribution is 9.10. The first-order valence-electron chi connectivity index (χ1n) is 5.56. The lowest BCUT2D eigenvalue weighted by Gasteiger charge is -2.17. The van der Waals surface area contributed by atoms with E-state index in [0.29, 0.717) is 0 Å². The van der Waals surface area contributed by atoms with E-state index in [4.69, 9.17) is 0 Å². The third kappa shape index (κ3) is 2.91. The van der Waals surface area contributed by atoms with Crippen LogP contribution in [0.15, 0.2) is 41.0 Å². The van der Waals surface area contributed by atoms with Gasteiger partial charge in [0.2, 0.25) is 0 Å². The summed E-state index contributed by atoms with van der Waals surface area (Å²) in [5.41, 5.74) is 2.14. The molecule has 0 atom stereocenters. The molecule has 0 aliphatic heterocycles. The van der Waals surface area contributed by atoms with Crippen molar-refractivity contribution >= 4 is 15.9 Å². The zero-order chi connectivity index (χ0) is 12.5. The average molecular weight is 291 g/mol. The molecule has 1 heterocycles. The molecule has 0 aliphatic carbocycles. The summed E-state index contributed by atoms with van der Waals surface area (Å²) in [6, 6.07) is 10.0. The van der Waals surface area contributed by atoms with Gasteiger partial charge in [-0.15, -0.1) is 0 Å². The van der Waals surface area contributed by atoms with E-state index in [1.165, 1.54) is 0 Å². The molecular formula is C14H15BrN2. The van der Waals surface area contributed by atoms with E-state index in [2.05, 4.69) is 46.7 Å². The van der Waals surface area contributed by atoms with Gasteiger partial charge in [0.15, 0.2) is 5.82 Å². The summed E-state index contributed by atoms with van der Waals surface area (Å²) in [4.78, 5) is 8.96. The van der Waals surface area contributed by atoms with Crippen LogP contribution in [0.1, 0.15) is 26.5 Å². The Morgan fingerprint density at radius 2 is 1.88 bits per heavy atom. The maximum Gasteiger partial charge on any atom is 0.159 e. The minimum atomic E-state index is 0.0453. The highest BCUT2D eigenvalue weighted by Gasteiger charge is 2.16. The Bertz CT molecular complexity index is 530. The van der Waals surface area contributed by atoms with E-state index in [0.717, 1.165) is 21.6 Å². The maximum atomic E-state index is 4.62. The molecule has 0 unspecified atom stereocenters. The monoisotopic (exact) mass is 290 g/mol. The van der Waals surface area contributed by atoms with Crippen LogP contribution in [0.4, 0.5) is 0 Å². The molecule has 0 fully saturated rings. The second-order valence-corrected chi connectivity index (χ2v) is 5.94. The molecule has 0 radical (unpaired) electrons. The number of halogens is 1.